The molecule has 0 bridgehead atoms. The van der Waals surface area contributed by atoms with Crippen LogP contribution < -0.4 is 9.47 Å². The maximum Gasteiger partial charge on any atom is 0.266 e. The predicted octanol–water partition coefficient (Wildman–Crippen LogP) is 5.13. The molecule has 0 aliphatic carbocycles. The Morgan fingerprint density at radius 1 is 1.15 bits per heavy atom. The number of para-hydroxylation sites is 1. The Kier molecular flexibility index (Phi) is 6.93. The monoisotopic (exact) mass is 463 g/mol. The van der Waals surface area contributed by atoms with Gasteiger partial charge in [-0.1, -0.05) is 58.1 Å². The fourth-order valence-corrected chi connectivity index (χ4v) is 4.26. The predicted molar refractivity (Wildman–Crippen MR) is 117 cm³/mol. The Morgan fingerprint density at radius 2 is 1.89 bits per heavy atom. The zero-order valence-electron chi connectivity index (χ0n) is 14.7. The van der Waals surface area contributed by atoms with Crippen LogP contribution in [0.15, 0.2) is 57.9 Å². The number of benzene rings is 2. The normalized spacial score (nSPS) is 15.5. The number of likely N-dealkylation sites (N-methyl/N-ethyl adjacent to an activating group) is 1. The van der Waals surface area contributed by atoms with Gasteiger partial charge in [-0.25, -0.2) is 0 Å². The van der Waals surface area contributed by atoms with Crippen LogP contribution in [0.25, 0.3) is 6.08 Å². The Labute approximate surface area is 176 Å². The van der Waals surface area contributed by atoms with Crippen molar-refractivity contribution in [2.75, 3.05) is 19.8 Å². The topological polar surface area (TPSA) is 38.8 Å². The van der Waals surface area contributed by atoms with Gasteiger partial charge in [0.25, 0.3) is 5.91 Å². The van der Waals surface area contributed by atoms with Gasteiger partial charge in [-0.05, 0) is 43.3 Å². The van der Waals surface area contributed by atoms with E-state index in [1.54, 1.807) is 4.90 Å². The number of amides is 1. The summed E-state index contributed by atoms with van der Waals surface area (Å²) in [6.45, 7) is 3.31. The summed E-state index contributed by atoms with van der Waals surface area (Å²) < 4.78 is 13.0. The largest absolute Gasteiger partial charge is 0.490 e. The summed E-state index contributed by atoms with van der Waals surface area (Å²) in [6.07, 6.45) is 1.83. The van der Waals surface area contributed by atoms with Crippen LogP contribution in [0.3, 0.4) is 0 Å². The standard InChI is InChI=1S/C20H18BrNO3S2/c1-2-22-19(23)18(27-20(22)26)13-14-12-15(21)8-9-17(14)25-11-10-24-16-6-4-3-5-7-16/h3-9,12-13H,2,10-11H2,1H3. The van der Waals surface area contributed by atoms with Crippen LogP contribution in [0.4, 0.5) is 0 Å². The first kappa shape index (κ1) is 19.9. The van der Waals surface area contributed by atoms with Crippen molar-refractivity contribution >= 4 is 56.2 Å². The van der Waals surface area contributed by atoms with E-state index < -0.39 is 0 Å². The van der Waals surface area contributed by atoms with E-state index in [4.69, 9.17) is 21.7 Å². The van der Waals surface area contributed by atoms with Crippen molar-refractivity contribution in [3.8, 4) is 11.5 Å². The molecular weight excluding hydrogens is 446 g/mol. The summed E-state index contributed by atoms with van der Waals surface area (Å²) in [6, 6.07) is 15.3. The molecule has 1 aliphatic heterocycles. The molecule has 1 aliphatic rings. The smallest absolute Gasteiger partial charge is 0.266 e. The molecule has 0 spiro atoms. The molecule has 0 radical (unpaired) electrons. The van der Waals surface area contributed by atoms with Gasteiger partial charge in [-0.3, -0.25) is 9.69 Å². The van der Waals surface area contributed by atoms with E-state index in [9.17, 15) is 4.79 Å². The average molecular weight is 464 g/mol. The van der Waals surface area contributed by atoms with E-state index in [2.05, 4.69) is 15.9 Å². The van der Waals surface area contributed by atoms with Gasteiger partial charge in [0, 0.05) is 16.6 Å². The minimum atomic E-state index is -0.0640. The molecule has 0 unspecified atom stereocenters. The van der Waals surface area contributed by atoms with Crippen LogP contribution in [0, 0.1) is 0 Å². The van der Waals surface area contributed by atoms with Crippen LogP contribution in [0.1, 0.15) is 12.5 Å². The lowest BCUT2D eigenvalue weighted by atomic mass is 10.2. The van der Waals surface area contributed by atoms with Crippen LogP contribution in [-0.2, 0) is 4.79 Å². The maximum absolute atomic E-state index is 12.4. The molecule has 1 amide bonds. The molecule has 0 saturated carbocycles. The number of hydrogen-bond acceptors (Lipinski definition) is 5. The van der Waals surface area contributed by atoms with Crippen molar-refractivity contribution in [3.63, 3.8) is 0 Å². The van der Waals surface area contributed by atoms with E-state index in [0.717, 1.165) is 15.8 Å². The molecule has 1 saturated heterocycles. The first-order chi connectivity index (χ1) is 13.1. The van der Waals surface area contributed by atoms with Crippen LogP contribution >= 0.6 is 39.9 Å². The van der Waals surface area contributed by atoms with Crippen LogP contribution in [0.2, 0.25) is 0 Å². The highest BCUT2D eigenvalue weighted by Gasteiger charge is 2.30. The highest BCUT2D eigenvalue weighted by Crippen LogP contribution is 2.34. The van der Waals surface area contributed by atoms with Crippen molar-refractivity contribution in [1.29, 1.82) is 0 Å². The van der Waals surface area contributed by atoms with Gasteiger partial charge in [-0.2, -0.15) is 0 Å². The second-order valence-electron chi connectivity index (χ2n) is 5.62. The molecule has 27 heavy (non-hydrogen) atoms. The van der Waals surface area contributed by atoms with E-state index >= 15 is 0 Å². The van der Waals surface area contributed by atoms with Crippen LogP contribution in [0.5, 0.6) is 11.5 Å². The number of halogens is 1. The zero-order valence-corrected chi connectivity index (χ0v) is 17.9. The summed E-state index contributed by atoms with van der Waals surface area (Å²) in [7, 11) is 0. The molecule has 140 valence electrons. The molecule has 0 atom stereocenters. The number of carbonyl (C=O) groups is 1. The molecule has 4 nitrogen and oxygen atoms in total. The lowest BCUT2D eigenvalue weighted by Gasteiger charge is -2.12. The van der Waals surface area contributed by atoms with E-state index in [1.165, 1.54) is 11.8 Å². The molecule has 0 aromatic heterocycles. The van der Waals surface area contributed by atoms with Gasteiger partial charge in [0.2, 0.25) is 0 Å². The van der Waals surface area contributed by atoms with Gasteiger partial charge < -0.3 is 9.47 Å². The minimum Gasteiger partial charge on any atom is -0.490 e. The lowest BCUT2D eigenvalue weighted by Crippen LogP contribution is -2.27. The zero-order chi connectivity index (χ0) is 19.2. The van der Waals surface area contributed by atoms with E-state index in [0.29, 0.717) is 34.7 Å². The molecule has 7 heteroatoms. The summed E-state index contributed by atoms with van der Waals surface area (Å²) in [5, 5.41) is 0. The molecule has 3 rings (SSSR count). The van der Waals surface area contributed by atoms with Gasteiger partial charge >= 0.3 is 0 Å². The van der Waals surface area contributed by atoms with Crippen molar-refractivity contribution in [2.24, 2.45) is 0 Å². The molecule has 0 N–H and O–H groups in total. The van der Waals surface area contributed by atoms with Crippen LogP contribution in [-0.4, -0.2) is 34.9 Å². The molecule has 1 fully saturated rings. The number of rotatable bonds is 7. The van der Waals surface area contributed by atoms with Crippen molar-refractivity contribution < 1.29 is 14.3 Å². The Morgan fingerprint density at radius 3 is 2.59 bits per heavy atom. The Balaban J connectivity index is 1.69. The highest BCUT2D eigenvalue weighted by molar-refractivity contribution is 9.10. The van der Waals surface area contributed by atoms with Gasteiger partial charge in [0.1, 0.15) is 29.0 Å². The van der Waals surface area contributed by atoms with Crippen molar-refractivity contribution in [3.05, 3.63) is 63.5 Å². The summed E-state index contributed by atoms with van der Waals surface area (Å²) in [5.41, 5.74) is 0.820. The molecule has 1 heterocycles. The number of carbonyl (C=O) groups excluding carboxylic acids is 1. The van der Waals surface area contributed by atoms with E-state index in [-0.39, 0.29) is 5.91 Å². The number of ether oxygens (including phenoxy) is 2. The first-order valence-electron chi connectivity index (χ1n) is 8.44. The van der Waals surface area contributed by atoms with Crippen molar-refractivity contribution in [2.45, 2.75) is 6.92 Å². The van der Waals surface area contributed by atoms with Gasteiger partial charge in [0.05, 0.1) is 4.91 Å². The minimum absolute atomic E-state index is 0.0640. The Hall–Kier alpha value is -1.83. The molecule has 2 aromatic rings. The quantitative estimate of drug-likeness (QED) is 0.323. The molecular formula is C20H18BrNO3S2. The van der Waals surface area contributed by atoms with E-state index in [1.807, 2.05) is 61.5 Å². The van der Waals surface area contributed by atoms with Gasteiger partial charge in [0.15, 0.2) is 0 Å². The third-order valence-corrected chi connectivity index (χ3v) is 5.67. The van der Waals surface area contributed by atoms with Crippen molar-refractivity contribution in [1.82, 2.24) is 4.90 Å². The first-order valence-corrected chi connectivity index (χ1v) is 10.5. The van der Waals surface area contributed by atoms with Gasteiger partial charge in [-0.15, -0.1) is 0 Å². The maximum atomic E-state index is 12.4. The third kappa shape index (κ3) is 5.12. The Bertz CT molecular complexity index is 871. The SMILES string of the molecule is CCN1C(=O)C(=Cc2cc(Br)ccc2OCCOc2ccccc2)SC1=S. The number of thiocarbonyl (C=S) groups is 1. The number of hydrogen-bond donors (Lipinski definition) is 0. The summed E-state index contributed by atoms with van der Waals surface area (Å²) in [4.78, 5) is 14.6. The fourth-order valence-electron chi connectivity index (χ4n) is 2.51. The highest BCUT2D eigenvalue weighted by atomic mass is 79.9. The summed E-state index contributed by atoms with van der Waals surface area (Å²) >= 11 is 10.1. The lowest BCUT2D eigenvalue weighted by molar-refractivity contribution is -0.121. The molecule has 2 aromatic carbocycles. The fraction of sp³-hybridized carbons (Fsp3) is 0.200. The average Bonchev–Trinajstić information content (AvgIpc) is 2.94. The second kappa shape index (κ2) is 9.39. The second-order valence-corrected chi connectivity index (χ2v) is 8.21. The number of thioether (sulfide) groups is 1. The third-order valence-electron chi connectivity index (χ3n) is 3.80. The summed E-state index contributed by atoms with van der Waals surface area (Å²) in [5.74, 6) is 1.43. The number of nitrogens with zero attached hydrogens (tertiary/aromatic N) is 1.